The standard InChI is InChI=1S/C12H20F2N4O/c1-4-15-12(17-7-11(13)14)16-6-9-5-10(8(2)3)18-19-9/h5,8,11H,4,6-7H2,1-3H3,(H2,15,16,17). The fourth-order valence-corrected chi connectivity index (χ4v) is 1.35. The second-order valence-corrected chi connectivity index (χ2v) is 4.34. The predicted molar refractivity (Wildman–Crippen MR) is 69.4 cm³/mol. The maximum absolute atomic E-state index is 12.1. The number of aliphatic imine (C=N–C) groups is 1. The predicted octanol–water partition coefficient (Wildman–Crippen LogP) is 2.12. The summed E-state index contributed by atoms with van der Waals surface area (Å²) in [5, 5.41) is 9.34. The van der Waals surface area contributed by atoms with Crippen molar-refractivity contribution in [2.45, 2.75) is 39.7 Å². The first-order chi connectivity index (χ1) is 9.02. The molecule has 0 aliphatic rings. The van der Waals surface area contributed by atoms with Gasteiger partial charge in [0.2, 0.25) is 0 Å². The molecule has 0 radical (unpaired) electrons. The molecule has 1 heterocycles. The Morgan fingerprint density at radius 2 is 2.16 bits per heavy atom. The van der Waals surface area contributed by atoms with Gasteiger partial charge in [0.1, 0.15) is 6.54 Å². The van der Waals surface area contributed by atoms with Gasteiger partial charge in [-0.3, -0.25) is 0 Å². The maximum atomic E-state index is 12.1. The molecule has 0 unspecified atom stereocenters. The smallest absolute Gasteiger partial charge is 0.255 e. The van der Waals surface area contributed by atoms with Crippen LogP contribution >= 0.6 is 0 Å². The summed E-state index contributed by atoms with van der Waals surface area (Å²) in [6.07, 6.45) is -2.42. The Morgan fingerprint density at radius 3 is 2.68 bits per heavy atom. The van der Waals surface area contributed by atoms with E-state index >= 15 is 0 Å². The molecule has 0 amide bonds. The summed E-state index contributed by atoms with van der Waals surface area (Å²) in [6, 6.07) is 1.82. The van der Waals surface area contributed by atoms with E-state index in [-0.39, 0.29) is 12.5 Å². The number of nitrogens with one attached hydrogen (secondary N) is 2. The van der Waals surface area contributed by atoms with Crippen LogP contribution in [0, 0.1) is 0 Å². The van der Waals surface area contributed by atoms with Gasteiger partial charge in [0.25, 0.3) is 6.43 Å². The van der Waals surface area contributed by atoms with E-state index in [1.165, 1.54) is 0 Å². The molecule has 5 nitrogen and oxygen atoms in total. The molecule has 0 aromatic carbocycles. The van der Waals surface area contributed by atoms with Crippen LogP contribution in [0.15, 0.2) is 15.6 Å². The van der Waals surface area contributed by atoms with Crippen LogP contribution in [0.4, 0.5) is 8.78 Å². The molecule has 0 saturated heterocycles. The minimum Gasteiger partial charge on any atom is -0.359 e. The van der Waals surface area contributed by atoms with Crippen molar-refractivity contribution in [2.75, 3.05) is 13.1 Å². The lowest BCUT2D eigenvalue weighted by Crippen LogP contribution is -2.39. The zero-order chi connectivity index (χ0) is 14.3. The highest BCUT2D eigenvalue weighted by Crippen LogP contribution is 2.14. The molecule has 1 aromatic rings. The zero-order valence-electron chi connectivity index (χ0n) is 11.4. The summed E-state index contributed by atoms with van der Waals surface area (Å²) in [4.78, 5) is 4.16. The number of nitrogens with zero attached hydrogens (tertiary/aromatic N) is 2. The number of rotatable bonds is 6. The van der Waals surface area contributed by atoms with Gasteiger partial charge in [-0.15, -0.1) is 0 Å². The van der Waals surface area contributed by atoms with Crippen molar-refractivity contribution in [3.63, 3.8) is 0 Å². The van der Waals surface area contributed by atoms with E-state index in [0.29, 0.717) is 18.3 Å². The minimum absolute atomic E-state index is 0.262. The molecule has 19 heavy (non-hydrogen) atoms. The van der Waals surface area contributed by atoms with Crippen LogP contribution < -0.4 is 10.6 Å². The van der Waals surface area contributed by atoms with Gasteiger partial charge in [0.15, 0.2) is 11.7 Å². The van der Waals surface area contributed by atoms with Crippen molar-refractivity contribution in [3.8, 4) is 0 Å². The van der Waals surface area contributed by atoms with Gasteiger partial charge in [0, 0.05) is 12.6 Å². The molecule has 0 fully saturated rings. The molecule has 2 N–H and O–H groups in total. The molecular formula is C12H20F2N4O. The fourth-order valence-electron chi connectivity index (χ4n) is 1.35. The van der Waals surface area contributed by atoms with E-state index in [9.17, 15) is 8.78 Å². The van der Waals surface area contributed by atoms with E-state index in [0.717, 1.165) is 5.69 Å². The average molecular weight is 274 g/mol. The molecule has 108 valence electrons. The van der Waals surface area contributed by atoms with Crippen molar-refractivity contribution >= 4 is 5.96 Å². The largest absolute Gasteiger partial charge is 0.359 e. The third-order valence-electron chi connectivity index (χ3n) is 2.33. The SMILES string of the molecule is CCNC(=NCc1cc(C(C)C)no1)NCC(F)F. The molecule has 7 heteroatoms. The van der Waals surface area contributed by atoms with Gasteiger partial charge >= 0.3 is 0 Å². The van der Waals surface area contributed by atoms with Crippen LogP contribution in [0.3, 0.4) is 0 Å². The topological polar surface area (TPSA) is 62.5 Å². The number of alkyl halides is 2. The molecule has 1 rings (SSSR count). The van der Waals surface area contributed by atoms with E-state index < -0.39 is 13.0 Å². The summed E-state index contributed by atoms with van der Waals surface area (Å²) >= 11 is 0. The average Bonchev–Trinajstić information content (AvgIpc) is 2.81. The molecule has 0 aliphatic heterocycles. The van der Waals surface area contributed by atoms with Gasteiger partial charge in [-0.05, 0) is 12.8 Å². The Hall–Kier alpha value is -1.66. The third kappa shape index (κ3) is 5.67. The third-order valence-corrected chi connectivity index (χ3v) is 2.33. The quantitative estimate of drug-likeness (QED) is 0.616. The van der Waals surface area contributed by atoms with E-state index in [1.54, 1.807) is 0 Å². The second kappa shape index (κ2) is 7.70. The first-order valence-corrected chi connectivity index (χ1v) is 6.28. The maximum Gasteiger partial charge on any atom is 0.255 e. The van der Waals surface area contributed by atoms with Gasteiger partial charge in [-0.25, -0.2) is 13.8 Å². The van der Waals surface area contributed by atoms with E-state index in [2.05, 4.69) is 20.8 Å². The van der Waals surface area contributed by atoms with Crippen molar-refractivity contribution < 1.29 is 13.3 Å². The van der Waals surface area contributed by atoms with Gasteiger partial charge in [0.05, 0.1) is 12.2 Å². The number of guanidine groups is 1. The minimum atomic E-state index is -2.42. The number of aromatic nitrogens is 1. The summed E-state index contributed by atoms with van der Waals surface area (Å²) in [5.41, 5.74) is 0.857. The summed E-state index contributed by atoms with van der Waals surface area (Å²) in [7, 11) is 0. The highest BCUT2D eigenvalue weighted by Gasteiger charge is 2.08. The first-order valence-electron chi connectivity index (χ1n) is 6.28. The number of hydrogen-bond acceptors (Lipinski definition) is 3. The van der Waals surface area contributed by atoms with Crippen molar-refractivity contribution in [2.24, 2.45) is 4.99 Å². The monoisotopic (exact) mass is 274 g/mol. The van der Waals surface area contributed by atoms with Crippen LogP contribution in [0.25, 0.3) is 0 Å². The Labute approximate surface area is 111 Å². The molecule has 0 aliphatic carbocycles. The van der Waals surface area contributed by atoms with Crippen molar-refractivity contribution in [1.82, 2.24) is 15.8 Å². The van der Waals surface area contributed by atoms with Crippen molar-refractivity contribution in [3.05, 3.63) is 17.5 Å². The lowest BCUT2D eigenvalue weighted by Gasteiger charge is -2.09. The number of halogens is 2. The molecular weight excluding hydrogens is 254 g/mol. The van der Waals surface area contributed by atoms with Crippen LogP contribution in [-0.2, 0) is 6.54 Å². The Balaban J connectivity index is 2.57. The summed E-state index contributed by atoms with van der Waals surface area (Å²) in [5.74, 6) is 1.23. The molecule has 0 bridgehead atoms. The number of hydrogen-bond donors (Lipinski definition) is 2. The lowest BCUT2D eigenvalue weighted by atomic mass is 10.1. The summed E-state index contributed by atoms with van der Waals surface area (Å²) in [6.45, 7) is 6.32. The van der Waals surface area contributed by atoms with E-state index in [1.807, 2.05) is 26.8 Å². The van der Waals surface area contributed by atoms with Crippen LogP contribution in [-0.4, -0.2) is 30.6 Å². The highest BCUT2D eigenvalue weighted by molar-refractivity contribution is 5.79. The molecule has 0 spiro atoms. The molecule has 0 atom stereocenters. The highest BCUT2D eigenvalue weighted by atomic mass is 19.3. The Morgan fingerprint density at radius 1 is 1.42 bits per heavy atom. The van der Waals surface area contributed by atoms with E-state index in [4.69, 9.17) is 4.52 Å². The first kappa shape index (κ1) is 15.4. The van der Waals surface area contributed by atoms with Gasteiger partial charge in [-0.1, -0.05) is 19.0 Å². The zero-order valence-corrected chi connectivity index (χ0v) is 11.4. The summed E-state index contributed by atoms with van der Waals surface area (Å²) < 4.78 is 29.4. The second-order valence-electron chi connectivity index (χ2n) is 4.34. The van der Waals surface area contributed by atoms with Crippen LogP contribution in [0.1, 0.15) is 38.1 Å². The normalized spacial score (nSPS) is 12.3. The van der Waals surface area contributed by atoms with Crippen LogP contribution in [0.5, 0.6) is 0 Å². The molecule has 0 saturated carbocycles. The Kier molecular flexibility index (Phi) is 6.24. The molecule has 1 aromatic heterocycles. The van der Waals surface area contributed by atoms with Gasteiger partial charge < -0.3 is 15.2 Å². The fraction of sp³-hybridized carbons (Fsp3) is 0.667. The van der Waals surface area contributed by atoms with Crippen molar-refractivity contribution in [1.29, 1.82) is 0 Å². The van der Waals surface area contributed by atoms with Crippen LogP contribution in [0.2, 0.25) is 0 Å². The Bertz CT molecular complexity index is 404. The lowest BCUT2D eigenvalue weighted by molar-refractivity contribution is 0.152. The van der Waals surface area contributed by atoms with Gasteiger partial charge in [-0.2, -0.15) is 0 Å².